The van der Waals surface area contributed by atoms with Crippen LogP contribution in [0.5, 0.6) is 5.88 Å². The fourth-order valence-electron chi connectivity index (χ4n) is 3.03. The smallest absolute Gasteiger partial charge is 0.417 e. The highest BCUT2D eigenvalue weighted by atomic mass is 19.4. The first-order valence-corrected chi connectivity index (χ1v) is 10.3. The van der Waals surface area contributed by atoms with Gasteiger partial charge < -0.3 is 9.64 Å². The molecule has 1 aromatic heterocycles. The molecule has 11 heteroatoms. The highest BCUT2D eigenvalue weighted by Gasteiger charge is 2.32. The number of pyridine rings is 1. The number of halogens is 5. The standard InChI is InChI=1S/C23H25F5N4O2/c1-5-7-10-30-31(4)20-9-8-17(24)12-18(20)22(33)32(6-2)15(3)14-34-21-19(25)11-16(13-29-21)23(26,27)28/h5,7-13,15H,6,14H2,1-4H3/b7-5-,30-10-/t15-/m0/s1. The molecule has 0 aliphatic rings. The average molecular weight is 484 g/mol. The zero-order valence-electron chi connectivity index (χ0n) is 19.1. The summed E-state index contributed by atoms with van der Waals surface area (Å²) in [6, 6.07) is 3.36. The monoisotopic (exact) mass is 484 g/mol. The zero-order chi connectivity index (χ0) is 25.5. The van der Waals surface area contributed by atoms with Crippen molar-refractivity contribution in [1.29, 1.82) is 0 Å². The first-order chi connectivity index (χ1) is 16.0. The van der Waals surface area contributed by atoms with Gasteiger partial charge >= 0.3 is 6.18 Å². The van der Waals surface area contributed by atoms with Crippen LogP contribution in [0.2, 0.25) is 0 Å². The molecule has 0 N–H and O–H groups in total. The number of likely N-dealkylation sites (N-methyl/N-ethyl adjacent to an activating group) is 1. The summed E-state index contributed by atoms with van der Waals surface area (Å²) in [7, 11) is 1.60. The van der Waals surface area contributed by atoms with Crippen LogP contribution in [0.1, 0.15) is 36.7 Å². The number of nitrogens with zero attached hydrogens (tertiary/aromatic N) is 4. The van der Waals surface area contributed by atoms with E-state index >= 15 is 0 Å². The molecule has 2 rings (SSSR count). The second kappa shape index (κ2) is 11.6. The summed E-state index contributed by atoms with van der Waals surface area (Å²) in [5, 5.41) is 5.59. The van der Waals surface area contributed by atoms with Crippen molar-refractivity contribution in [3.8, 4) is 5.88 Å². The third-order valence-corrected chi connectivity index (χ3v) is 4.79. The van der Waals surface area contributed by atoms with Gasteiger partial charge in [-0.25, -0.2) is 13.8 Å². The normalized spacial score (nSPS) is 12.9. The Morgan fingerprint density at radius 2 is 1.97 bits per heavy atom. The van der Waals surface area contributed by atoms with Gasteiger partial charge in [0.05, 0.1) is 22.9 Å². The quantitative estimate of drug-likeness (QED) is 0.275. The Morgan fingerprint density at radius 3 is 2.56 bits per heavy atom. The van der Waals surface area contributed by atoms with E-state index in [1.807, 2.05) is 6.92 Å². The number of alkyl halides is 3. The van der Waals surface area contributed by atoms with Crippen LogP contribution in [0.3, 0.4) is 0 Å². The van der Waals surface area contributed by atoms with Gasteiger partial charge in [-0.2, -0.15) is 18.3 Å². The molecule has 34 heavy (non-hydrogen) atoms. The molecule has 0 saturated heterocycles. The lowest BCUT2D eigenvalue weighted by atomic mass is 10.1. The van der Waals surface area contributed by atoms with Crippen molar-refractivity contribution >= 4 is 17.8 Å². The number of hydrogen-bond acceptors (Lipinski definition) is 5. The summed E-state index contributed by atoms with van der Waals surface area (Å²) < 4.78 is 71.3. The Labute approximate surface area is 194 Å². The fraction of sp³-hybridized carbons (Fsp3) is 0.348. The maximum Gasteiger partial charge on any atom is 0.417 e. The van der Waals surface area contributed by atoms with E-state index in [2.05, 4.69) is 10.1 Å². The maximum atomic E-state index is 14.0. The number of hydrazone groups is 1. The van der Waals surface area contributed by atoms with Crippen LogP contribution in [-0.4, -0.2) is 48.2 Å². The molecular weight excluding hydrogens is 459 g/mol. The van der Waals surface area contributed by atoms with E-state index in [0.717, 1.165) is 6.07 Å². The third-order valence-electron chi connectivity index (χ3n) is 4.79. The Kier molecular flexibility index (Phi) is 9.11. The molecule has 184 valence electrons. The van der Waals surface area contributed by atoms with Crippen molar-refractivity contribution in [2.75, 3.05) is 25.2 Å². The molecule has 2 aromatic rings. The van der Waals surface area contributed by atoms with Crippen molar-refractivity contribution in [2.24, 2.45) is 5.10 Å². The maximum absolute atomic E-state index is 14.0. The number of ether oxygens (including phenoxy) is 1. The number of allylic oxidation sites excluding steroid dienone is 2. The van der Waals surface area contributed by atoms with Gasteiger partial charge in [-0.15, -0.1) is 0 Å². The van der Waals surface area contributed by atoms with Crippen LogP contribution in [0.15, 0.2) is 47.7 Å². The van der Waals surface area contributed by atoms with Crippen molar-refractivity contribution in [3.05, 3.63) is 65.4 Å². The van der Waals surface area contributed by atoms with Crippen molar-refractivity contribution in [2.45, 2.75) is 33.0 Å². The van der Waals surface area contributed by atoms with Gasteiger partial charge in [0.25, 0.3) is 5.91 Å². The van der Waals surface area contributed by atoms with Crippen molar-refractivity contribution in [3.63, 3.8) is 0 Å². The topological polar surface area (TPSA) is 58.0 Å². The summed E-state index contributed by atoms with van der Waals surface area (Å²) in [6.45, 7) is 5.06. The van der Waals surface area contributed by atoms with Crippen LogP contribution < -0.4 is 9.75 Å². The fourth-order valence-corrected chi connectivity index (χ4v) is 3.03. The highest BCUT2D eigenvalue weighted by molar-refractivity contribution is 6.00. The Morgan fingerprint density at radius 1 is 1.26 bits per heavy atom. The van der Waals surface area contributed by atoms with Crippen LogP contribution in [0.25, 0.3) is 0 Å². The second-order valence-corrected chi connectivity index (χ2v) is 7.24. The molecule has 0 bridgehead atoms. The molecule has 1 aromatic carbocycles. The number of carbonyl (C=O) groups excluding carboxylic acids is 1. The third kappa shape index (κ3) is 6.75. The summed E-state index contributed by atoms with van der Waals surface area (Å²) in [5.41, 5.74) is -0.836. The zero-order valence-corrected chi connectivity index (χ0v) is 19.1. The van der Waals surface area contributed by atoms with Crippen LogP contribution in [0, 0.1) is 11.6 Å². The lowest BCUT2D eigenvalue weighted by Crippen LogP contribution is -2.42. The number of anilines is 1. The number of aromatic nitrogens is 1. The minimum Gasteiger partial charge on any atom is -0.473 e. The van der Waals surface area contributed by atoms with E-state index in [0.29, 0.717) is 18.0 Å². The summed E-state index contributed by atoms with van der Waals surface area (Å²) in [4.78, 5) is 18.0. The predicted molar refractivity (Wildman–Crippen MR) is 119 cm³/mol. The molecule has 0 saturated carbocycles. The van der Waals surface area contributed by atoms with Gasteiger partial charge in [0, 0.05) is 26.0 Å². The van der Waals surface area contributed by atoms with Crippen molar-refractivity contribution in [1.82, 2.24) is 9.88 Å². The minimum absolute atomic E-state index is 0.0488. The van der Waals surface area contributed by atoms with Crippen LogP contribution in [0.4, 0.5) is 27.6 Å². The van der Waals surface area contributed by atoms with E-state index in [1.165, 1.54) is 28.3 Å². The SMILES string of the molecule is C/C=C\C=N/N(C)c1ccc(F)cc1C(=O)N(CC)[C@@H](C)COc1ncc(C(F)(F)F)cc1F. The molecule has 0 fully saturated rings. The van der Waals surface area contributed by atoms with E-state index in [-0.39, 0.29) is 18.7 Å². The lowest BCUT2D eigenvalue weighted by Gasteiger charge is -2.29. The van der Waals surface area contributed by atoms with E-state index < -0.39 is 41.2 Å². The molecule has 1 amide bonds. The molecule has 6 nitrogen and oxygen atoms in total. The Balaban J connectivity index is 2.22. The highest BCUT2D eigenvalue weighted by Crippen LogP contribution is 2.30. The number of rotatable bonds is 9. The minimum atomic E-state index is -4.74. The molecule has 0 radical (unpaired) electrons. The summed E-state index contributed by atoms with van der Waals surface area (Å²) >= 11 is 0. The van der Waals surface area contributed by atoms with Crippen LogP contribution >= 0.6 is 0 Å². The lowest BCUT2D eigenvalue weighted by molar-refractivity contribution is -0.138. The molecule has 0 aliphatic heterocycles. The van der Waals surface area contributed by atoms with Gasteiger partial charge in [0.1, 0.15) is 12.4 Å². The first kappa shape index (κ1) is 26.7. The second-order valence-electron chi connectivity index (χ2n) is 7.24. The van der Waals surface area contributed by atoms with Crippen molar-refractivity contribution < 1.29 is 31.5 Å². The Hall–Kier alpha value is -3.50. The number of carbonyl (C=O) groups is 1. The molecule has 1 atom stereocenters. The van der Waals surface area contributed by atoms with Gasteiger partial charge in [-0.05, 0) is 51.1 Å². The van der Waals surface area contributed by atoms with E-state index in [9.17, 15) is 26.7 Å². The molecule has 1 heterocycles. The van der Waals surface area contributed by atoms with Gasteiger partial charge in [0.15, 0.2) is 5.82 Å². The van der Waals surface area contributed by atoms with Gasteiger partial charge in [-0.3, -0.25) is 9.80 Å². The molecular formula is C23H25F5N4O2. The number of benzene rings is 1. The van der Waals surface area contributed by atoms with E-state index in [4.69, 9.17) is 4.74 Å². The predicted octanol–water partition coefficient (Wildman–Crippen LogP) is 5.31. The molecule has 0 unspecified atom stereocenters. The Bertz CT molecular complexity index is 1060. The van der Waals surface area contributed by atoms with Gasteiger partial charge in [-0.1, -0.05) is 6.08 Å². The summed E-state index contributed by atoms with van der Waals surface area (Å²) in [5.74, 6) is -3.03. The van der Waals surface area contributed by atoms with Crippen LogP contribution in [-0.2, 0) is 6.18 Å². The molecule has 0 spiro atoms. The molecule has 0 aliphatic carbocycles. The number of amides is 1. The van der Waals surface area contributed by atoms with E-state index in [1.54, 1.807) is 33.0 Å². The van der Waals surface area contributed by atoms with Gasteiger partial charge in [0.2, 0.25) is 5.88 Å². The first-order valence-electron chi connectivity index (χ1n) is 10.3. The average Bonchev–Trinajstić information content (AvgIpc) is 2.78. The largest absolute Gasteiger partial charge is 0.473 e. The summed E-state index contributed by atoms with van der Waals surface area (Å²) in [6.07, 6.45) is 0.695. The number of hydrogen-bond donors (Lipinski definition) is 0.